The van der Waals surface area contributed by atoms with Crippen LogP contribution in [0.15, 0.2) is 11.6 Å². The van der Waals surface area contributed by atoms with Crippen LogP contribution in [0.25, 0.3) is 0 Å². The molecule has 3 saturated carbocycles. The molecule has 4 rings (SSSR count). The zero-order valence-corrected chi connectivity index (χ0v) is 14.1. The van der Waals surface area contributed by atoms with Crippen molar-refractivity contribution in [2.45, 2.75) is 71.3 Å². The number of carbonyl (C=O) groups excluding carboxylic acids is 1. The van der Waals surface area contributed by atoms with Gasteiger partial charge in [0, 0.05) is 0 Å². The SMILES string of the molecule is C[C@H]1CCC=C2CC[C@H]3[C@@H]4CC[C@H](O)[C@@]4(C)CC[C@@H]3[C@]21C=O. The normalized spacial score (nSPS) is 54.0. The number of carbonyl (C=O) groups is 1. The lowest BCUT2D eigenvalue weighted by atomic mass is 9.45. The average Bonchev–Trinajstić information content (AvgIpc) is 2.83. The van der Waals surface area contributed by atoms with Crippen molar-refractivity contribution in [3.63, 3.8) is 0 Å². The summed E-state index contributed by atoms with van der Waals surface area (Å²) in [5.41, 5.74) is 1.41. The van der Waals surface area contributed by atoms with Gasteiger partial charge in [0.2, 0.25) is 0 Å². The summed E-state index contributed by atoms with van der Waals surface area (Å²) < 4.78 is 0. The molecule has 7 atom stereocenters. The Morgan fingerprint density at radius 3 is 2.77 bits per heavy atom. The van der Waals surface area contributed by atoms with E-state index in [1.54, 1.807) is 0 Å². The van der Waals surface area contributed by atoms with E-state index in [0.717, 1.165) is 38.5 Å². The van der Waals surface area contributed by atoms with E-state index in [1.165, 1.54) is 24.7 Å². The zero-order chi connectivity index (χ0) is 15.5. The van der Waals surface area contributed by atoms with Crippen LogP contribution in [0.5, 0.6) is 0 Å². The molecule has 0 amide bonds. The number of hydrogen-bond donors (Lipinski definition) is 1. The van der Waals surface area contributed by atoms with Crippen molar-refractivity contribution in [2.24, 2.45) is 34.5 Å². The summed E-state index contributed by atoms with van der Waals surface area (Å²) in [6.07, 6.45) is 12.7. The Bertz CT molecular complexity index is 510. The van der Waals surface area contributed by atoms with Crippen LogP contribution in [-0.4, -0.2) is 17.5 Å². The molecule has 2 heteroatoms. The first-order valence-electron chi connectivity index (χ1n) is 9.38. The molecular weight excluding hydrogens is 272 g/mol. The fourth-order valence-corrected chi connectivity index (χ4v) is 7.02. The van der Waals surface area contributed by atoms with E-state index < -0.39 is 0 Å². The second kappa shape index (κ2) is 4.93. The second-order valence-corrected chi connectivity index (χ2v) is 8.81. The second-order valence-electron chi connectivity index (χ2n) is 8.81. The Morgan fingerprint density at radius 1 is 1.18 bits per heavy atom. The molecule has 3 fully saturated rings. The van der Waals surface area contributed by atoms with Gasteiger partial charge in [0.25, 0.3) is 0 Å². The molecule has 4 aliphatic carbocycles. The molecule has 0 spiro atoms. The number of fused-ring (bicyclic) bond motifs is 5. The lowest BCUT2D eigenvalue weighted by Gasteiger charge is -2.58. The highest BCUT2D eigenvalue weighted by molar-refractivity contribution is 5.68. The van der Waals surface area contributed by atoms with Gasteiger partial charge in [-0.3, -0.25) is 0 Å². The van der Waals surface area contributed by atoms with E-state index in [2.05, 4.69) is 19.9 Å². The number of aldehydes is 1. The van der Waals surface area contributed by atoms with Gasteiger partial charge < -0.3 is 9.90 Å². The number of aliphatic hydroxyl groups excluding tert-OH is 1. The van der Waals surface area contributed by atoms with Crippen molar-refractivity contribution in [1.82, 2.24) is 0 Å². The maximum absolute atomic E-state index is 12.3. The lowest BCUT2D eigenvalue weighted by Crippen LogP contribution is -2.54. The van der Waals surface area contributed by atoms with E-state index in [9.17, 15) is 9.90 Å². The number of hydrogen-bond acceptors (Lipinski definition) is 2. The lowest BCUT2D eigenvalue weighted by molar-refractivity contribution is -0.133. The van der Waals surface area contributed by atoms with Crippen LogP contribution in [0.1, 0.15) is 65.2 Å². The summed E-state index contributed by atoms with van der Waals surface area (Å²) in [6, 6.07) is 0. The summed E-state index contributed by atoms with van der Waals surface area (Å²) in [6.45, 7) is 4.62. The van der Waals surface area contributed by atoms with Crippen molar-refractivity contribution in [3.05, 3.63) is 11.6 Å². The molecule has 0 aliphatic heterocycles. The Kier molecular flexibility index (Phi) is 3.35. The molecule has 4 aliphatic rings. The van der Waals surface area contributed by atoms with Crippen molar-refractivity contribution < 1.29 is 9.90 Å². The molecule has 0 saturated heterocycles. The molecule has 1 N–H and O–H groups in total. The van der Waals surface area contributed by atoms with Gasteiger partial charge in [-0.05, 0) is 80.5 Å². The Labute approximate surface area is 134 Å². The predicted octanol–water partition coefficient (Wildman–Crippen LogP) is 4.13. The van der Waals surface area contributed by atoms with Crippen LogP contribution in [0, 0.1) is 34.5 Å². The first-order chi connectivity index (χ1) is 10.5. The molecule has 0 aromatic heterocycles. The highest BCUT2D eigenvalue weighted by atomic mass is 16.3. The van der Waals surface area contributed by atoms with Crippen molar-refractivity contribution in [2.75, 3.05) is 0 Å². The van der Waals surface area contributed by atoms with Gasteiger partial charge in [-0.15, -0.1) is 0 Å². The fraction of sp³-hybridized carbons (Fsp3) is 0.850. The van der Waals surface area contributed by atoms with Crippen LogP contribution in [0.3, 0.4) is 0 Å². The van der Waals surface area contributed by atoms with Crippen molar-refractivity contribution in [1.29, 1.82) is 0 Å². The highest BCUT2D eigenvalue weighted by Crippen LogP contribution is 2.65. The van der Waals surface area contributed by atoms with Crippen LogP contribution >= 0.6 is 0 Å². The maximum Gasteiger partial charge on any atom is 0.130 e. The third-order valence-electron chi connectivity index (χ3n) is 8.30. The van der Waals surface area contributed by atoms with E-state index >= 15 is 0 Å². The van der Waals surface area contributed by atoms with Gasteiger partial charge in [-0.1, -0.05) is 25.5 Å². The molecule has 0 aromatic rings. The largest absolute Gasteiger partial charge is 0.393 e. The Balaban J connectivity index is 1.75. The summed E-state index contributed by atoms with van der Waals surface area (Å²) in [5, 5.41) is 10.5. The van der Waals surface area contributed by atoms with Gasteiger partial charge in [-0.2, -0.15) is 0 Å². The molecule has 22 heavy (non-hydrogen) atoms. The average molecular weight is 302 g/mol. The highest BCUT2D eigenvalue weighted by Gasteiger charge is 2.61. The van der Waals surface area contributed by atoms with Crippen molar-refractivity contribution in [3.8, 4) is 0 Å². The first kappa shape index (κ1) is 14.9. The summed E-state index contributed by atoms with van der Waals surface area (Å²) >= 11 is 0. The molecule has 122 valence electrons. The quantitative estimate of drug-likeness (QED) is 0.584. The minimum atomic E-state index is -0.171. The number of allylic oxidation sites excluding steroid dienone is 2. The summed E-state index contributed by atoms with van der Waals surface area (Å²) in [4.78, 5) is 12.3. The van der Waals surface area contributed by atoms with Crippen molar-refractivity contribution >= 4 is 6.29 Å². The molecule has 0 bridgehead atoms. The monoisotopic (exact) mass is 302 g/mol. The zero-order valence-electron chi connectivity index (χ0n) is 14.1. The van der Waals surface area contributed by atoms with Gasteiger partial charge >= 0.3 is 0 Å². The molecular formula is C20H30O2. The third kappa shape index (κ3) is 1.68. The molecule has 0 heterocycles. The van der Waals surface area contributed by atoms with Crippen LogP contribution in [0.2, 0.25) is 0 Å². The smallest absolute Gasteiger partial charge is 0.130 e. The van der Waals surface area contributed by atoms with Crippen LogP contribution < -0.4 is 0 Å². The molecule has 0 radical (unpaired) electrons. The minimum Gasteiger partial charge on any atom is -0.393 e. The molecule has 2 nitrogen and oxygen atoms in total. The van der Waals surface area contributed by atoms with Crippen LogP contribution in [0.4, 0.5) is 0 Å². The minimum absolute atomic E-state index is 0.115. The Hall–Kier alpha value is -0.630. The molecule has 0 unspecified atom stereocenters. The topological polar surface area (TPSA) is 37.3 Å². The third-order valence-corrected chi connectivity index (χ3v) is 8.30. The van der Waals surface area contributed by atoms with E-state index in [1.807, 2.05) is 0 Å². The summed E-state index contributed by atoms with van der Waals surface area (Å²) in [7, 11) is 0. The maximum atomic E-state index is 12.3. The number of rotatable bonds is 1. The first-order valence-corrected chi connectivity index (χ1v) is 9.38. The predicted molar refractivity (Wildman–Crippen MR) is 87.3 cm³/mol. The Morgan fingerprint density at radius 2 is 2.00 bits per heavy atom. The fourth-order valence-electron chi connectivity index (χ4n) is 7.02. The van der Waals surface area contributed by atoms with Gasteiger partial charge in [0.1, 0.15) is 6.29 Å². The van der Waals surface area contributed by atoms with Crippen LogP contribution in [-0.2, 0) is 4.79 Å². The van der Waals surface area contributed by atoms with E-state index in [0.29, 0.717) is 23.7 Å². The van der Waals surface area contributed by atoms with E-state index in [4.69, 9.17) is 0 Å². The van der Waals surface area contributed by atoms with Gasteiger partial charge in [-0.25, -0.2) is 0 Å². The van der Waals surface area contributed by atoms with E-state index in [-0.39, 0.29) is 16.9 Å². The summed E-state index contributed by atoms with van der Waals surface area (Å²) in [5.74, 6) is 2.31. The van der Waals surface area contributed by atoms with Gasteiger partial charge in [0.05, 0.1) is 11.5 Å². The molecule has 0 aromatic carbocycles. The standard InChI is InChI=1S/C20H30O2/c1-13-4-3-5-14-6-7-15-16-8-9-18(22)19(16,2)11-10-17(15)20(13,14)12-21/h5,12-13,15-18,22H,3-4,6-11H2,1-2H3/t13-,15-,16-,17-,18-,19-,20-/m0/s1. The number of aliphatic hydroxyl groups is 1. The van der Waals surface area contributed by atoms with Gasteiger partial charge in [0.15, 0.2) is 0 Å².